The van der Waals surface area contributed by atoms with E-state index in [4.69, 9.17) is 4.74 Å². The second-order valence-corrected chi connectivity index (χ2v) is 4.56. The average molecular weight is 251 g/mol. The molecule has 0 saturated carbocycles. The number of rotatable bonds is 6. The van der Waals surface area contributed by atoms with Crippen molar-refractivity contribution >= 4 is 17.2 Å². The molecule has 1 heterocycles. The lowest BCUT2D eigenvalue weighted by Gasteiger charge is -2.19. The van der Waals surface area contributed by atoms with E-state index >= 15 is 0 Å². The molecule has 0 saturated heterocycles. The fourth-order valence-corrected chi connectivity index (χ4v) is 2.15. The van der Waals surface area contributed by atoms with Crippen molar-refractivity contribution in [3.05, 3.63) is 22.4 Å². The van der Waals surface area contributed by atoms with Gasteiger partial charge in [0.2, 0.25) is 0 Å². The van der Waals surface area contributed by atoms with Gasteiger partial charge in [0, 0.05) is 25.1 Å². The average Bonchev–Trinajstić information content (AvgIpc) is 2.81. The largest absolute Gasteiger partial charge is 0.385 e. The standard InChI is InChI=1S/C13H17NO2S/c1-3-6-13(15)14(8-5-9-16-2)11-12-7-4-10-17-12/h4,7,10H,5,8-9,11H2,1-2H3. The summed E-state index contributed by atoms with van der Waals surface area (Å²) in [5.41, 5.74) is 0. The minimum absolute atomic E-state index is 0.114. The Morgan fingerprint density at radius 1 is 1.59 bits per heavy atom. The third-order valence-electron chi connectivity index (χ3n) is 2.22. The number of thiophene rings is 1. The molecule has 1 amide bonds. The van der Waals surface area contributed by atoms with E-state index in [-0.39, 0.29) is 5.91 Å². The number of carbonyl (C=O) groups is 1. The van der Waals surface area contributed by atoms with Crippen molar-refractivity contribution in [1.82, 2.24) is 4.90 Å². The van der Waals surface area contributed by atoms with Gasteiger partial charge in [0.15, 0.2) is 0 Å². The summed E-state index contributed by atoms with van der Waals surface area (Å²) in [5.74, 6) is 5.12. The number of carbonyl (C=O) groups excluding carboxylic acids is 1. The first kappa shape index (κ1) is 13.8. The van der Waals surface area contributed by atoms with Crippen molar-refractivity contribution < 1.29 is 9.53 Å². The second kappa shape index (κ2) is 7.88. The normalized spacial score (nSPS) is 9.53. The van der Waals surface area contributed by atoms with Crippen molar-refractivity contribution in [3.63, 3.8) is 0 Å². The van der Waals surface area contributed by atoms with Crippen LogP contribution < -0.4 is 0 Å². The van der Waals surface area contributed by atoms with E-state index in [0.29, 0.717) is 19.7 Å². The Kier molecular flexibility index (Phi) is 6.38. The fraction of sp³-hybridized carbons (Fsp3) is 0.462. The van der Waals surface area contributed by atoms with E-state index in [2.05, 4.69) is 11.8 Å². The van der Waals surface area contributed by atoms with Crippen molar-refractivity contribution in [1.29, 1.82) is 0 Å². The van der Waals surface area contributed by atoms with Crippen molar-refractivity contribution in [3.8, 4) is 11.8 Å². The van der Waals surface area contributed by atoms with Crippen LogP contribution in [0.1, 0.15) is 18.2 Å². The number of methoxy groups -OCH3 is 1. The topological polar surface area (TPSA) is 29.5 Å². The Morgan fingerprint density at radius 2 is 2.41 bits per heavy atom. The molecule has 1 aromatic heterocycles. The predicted octanol–water partition coefficient (Wildman–Crippen LogP) is 2.14. The Bertz CT molecular complexity index is 389. The van der Waals surface area contributed by atoms with E-state index in [1.54, 1.807) is 30.3 Å². The molecule has 0 aliphatic heterocycles. The second-order valence-electron chi connectivity index (χ2n) is 3.53. The summed E-state index contributed by atoms with van der Waals surface area (Å²) in [6.07, 6.45) is 0.832. The van der Waals surface area contributed by atoms with Crippen molar-refractivity contribution in [2.24, 2.45) is 0 Å². The maximum Gasteiger partial charge on any atom is 0.298 e. The summed E-state index contributed by atoms with van der Waals surface area (Å²) in [4.78, 5) is 14.7. The van der Waals surface area contributed by atoms with Crippen LogP contribution in [0.25, 0.3) is 0 Å². The molecule has 0 aliphatic rings. The lowest BCUT2D eigenvalue weighted by atomic mass is 10.3. The molecule has 0 radical (unpaired) electrons. The van der Waals surface area contributed by atoms with E-state index in [1.807, 2.05) is 17.5 Å². The first-order chi connectivity index (χ1) is 8.27. The lowest BCUT2D eigenvalue weighted by Crippen LogP contribution is -2.30. The van der Waals surface area contributed by atoms with Crippen LogP contribution in [0.3, 0.4) is 0 Å². The van der Waals surface area contributed by atoms with Gasteiger partial charge in [0.05, 0.1) is 6.54 Å². The zero-order valence-corrected chi connectivity index (χ0v) is 11.0. The third-order valence-corrected chi connectivity index (χ3v) is 3.08. The summed E-state index contributed by atoms with van der Waals surface area (Å²) in [6.45, 7) is 3.65. The highest BCUT2D eigenvalue weighted by Gasteiger charge is 2.11. The van der Waals surface area contributed by atoms with Gasteiger partial charge < -0.3 is 9.64 Å². The predicted molar refractivity (Wildman–Crippen MR) is 69.7 cm³/mol. The van der Waals surface area contributed by atoms with Gasteiger partial charge in [-0.05, 0) is 30.7 Å². The van der Waals surface area contributed by atoms with Crippen LogP contribution in [0, 0.1) is 11.8 Å². The van der Waals surface area contributed by atoms with Crippen LogP contribution in [0.15, 0.2) is 17.5 Å². The number of ether oxygens (including phenoxy) is 1. The summed E-state index contributed by atoms with van der Waals surface area (Å²) in [5, 5.41) is 2.01. The Hall–Kier alpha value is -1.31. The maximum absolute atomic E-state index is 11.8. The highest BCUT2D eigenvalue weighted by molar-refractivity contribution is 7.09. The number of hydrogen-bond acceptors (Lipinski definition) is 3. The zero-order chi connectivity index (χ0) is 12.5. The molecule has 0 bridgehead atoms. The van der Waals surface area contributed by atoms with Gasteiger partial charge in [0.25, 0.3) is 5.91 Å². The number of amides is 1. The van der Waals surface area contributed by atoms with Gasteiger partial charge in [0.1, 0.15) is 0 Å². The molecule has 0 fully saturated rings. The van der Waals surface area contributed by atoms with E-state index < -0.39 is 0 Å². The third kappa shape index (κ3) is 5.03. The van der Waals surface area contributed by atoms with Crippen LogP contribution in [-0.4, -0.2) is 31.1 Å². The summed E-state index contributed by atoms with van der Waals surface area (Å²) < 4.78 is 5.00. The highest BCUT2D eigenvalue weighted by atomic mass is 32.1. The van der Waals surface area contributed by atoms with E-state index in [9.17, 15) is 4.79 Å². The monoisotopic (exact) mass is 251 g/mol. The van der Waals surface area contributed by atoms with E-state index in [0.717, 1.165) is 6.42 Å². The zero-order valence-electron chi connectivity index (χ0n) is 10.2. The van der Waals surface area contributed by atoms with Crippen molar-refractivity contribution in [2.45, 2.75) is 19.9 Å². The van der Waals surface area contributed by atoms with Gasteiger partial charge in [-0.15, -0.1) is 11.3 Å². The van der Waals surface area contributed by atoms with Crippen molar-refractivity contribution in [2.75, 3.05) is 20.3 Å². The highest BCUT2D eigenvalue weighted by Crippen LogP contribution is 2.12. The molecule has 17 heavy (non-hydrogen) atoms. The summed E-state index contributed by atoms with van der Waals surface area (Å²) in [7, 11) is 1.66. The molecule has 92 valence electrons. The first-order valence-electron chi connectivity index (χ1n) is 5.51. The van der Waals surface area contributed by atoms with Crippen LogP contribution in [0.4, 0.5) is 0 Å². The molecule has 3 nitrogen and oxygen atoms in total. The molecular weight excluding hydrogens is 234 g/mol. The molecule has 1 rings (SSSR count). The minimum Gasteiger partial charge on any atom is -0.385 e. The smallest absolute Gasteiger partial charge is 0.298 e. The number of nitrogens with zero attached hydrogens (tertiary/aromatic N) is 1. The van der Waals surface area contributed by atoms with Crippen LogP contribution in [0.2, 0.25) is 0 Å². The molecule has 0 N–H and O–H groups in total. The molecule has 0 unspecified atom stereocenters. The fourth-order valence-electron chi connectivity index (χ4n) is 1.43. The van der Waals surface area contributed by atoms with Gasteiger partial charge >= 0.3 is 0 Å². The Balaban J connectivity index is 2.57. The minimum atomic E-state index is -0.114. The molecule has 0 aromatic carbocycles. The Morgan fingerprint density at radius 3 is 3.00 bits per heavy atom. The number of hydrogen-bond donors (Lipinski definition) is 0. The quantitative estimate of drug-likeness (QED) is 0.572. The molecule has 1 aromatic rings. The van der Waals surface area contributed by atoms with Gasteiger partial charge in [-0.25, -0.2) is 0 Å². The molecule has 4 heteroatoms. The molecule has 0 spiro atoms. The van der Waals surface area contributed by atoms with Gasteiger partial charge in [-0.1, -0.05) is 12.0 Å². The Labute approximate surface area is 106 Å². The van der Waals surface area contributed by atoms with Gasteiger partial charge in [-0.2, -0.15) is 0 Å². The van der Waals surface area contributed by atoms with Crippen LogP contribution >= 0.6 is 11.3 Å². The van der Waals surface area contributed by atoms with Gasteiger partial charge in [-0.3, -0.25) is 4.79 Å². The maximum atomic E-state index is 11.8. The molecule has 0 aliphatic carbocycles. The first-order valence-corrected chi connectivity index (χ1v) is 6.39. The molecular formula is C13H17NO2S. The summed E-state index contributed by atoms with van der Waals surface area (Å²) in [6, 6.07) is 4.02. The van der Waals surface area contributed by atoms with Crippen LogP contribution in [-0.2, 0) is 16.1 Å². The van der Waals surface area contributed by atoms with Crippen LogP contribution in [0.5, 0.6) is 0 Å². The summed E-state index contributed by atoms with van der Waals surface area (Å²) >= 11 is 1.65. The molecule has 0 atom stereocenters. The SMILES string of the molecule is CC#CC(=O)N(CCCOC)Cc1cccs1. The lowest BCUT2D eigenvalue weighted by molar-refractivity contribution is -0.125. The van der Waals surface area contributed by atoms with E-state index in [1.165, 1.54) is 4.88 Å².